The maximum Gasteiger partial charge on any atom is 0.329 e. The average molecular weight is 296 g/mol. The number of aliphatic carboxylic acids is 1. The third-order valence-corrected chi connectivity index (χ3v) is 4.76. The van der Waals surface area contributed by atoms with Gasteiger partial charge in [0, 0.05) is 20.1 Å². The molecule has 1 aliphatic heterocycles. The van der Waals surface area contributed by atoms with Gasteiger partial charge in [0.1, 0.15) is 5.54 Å². The number of likely N-dealkylation sites (tertiary alicyclic amines) is 1. The summed E-state index contributed by atoms with van der Waals surface area (Å²) in [6.45, 7) is 2.86. The van der Waals surface area contributed by atoms with Gasteiger partial charge < -0.3 is 14.9 Å². The van der Waals surface area contributed by atoms with E-state index in [0.29, 0.717) is 25.9 Å². The summed E-state index contributed by atoms with van der Waals surface area (Å²) in [6, 6.07) is 1.78. The van der Waals surface area contributed by atoms with Gasteiger partial charge in [-0.05, 0) is 41.7 Å². The number of carboxylic acid groups (broad SMARTS) is 1. The van der Waals surface area contributed by atoms with Crippen LogP contribution in [0.25, 0.3) is 0 Å². The first-order chi connectivity index (χ1) is 9.51. The van der Waals surface area contributed by atoms with Gasteiger partial charge in [-0.1, -0.05) is 6.92 Å². The lowest BCUT2D eigenvalue weighted by molar-refractivity contribution is -0.148. The minimum Gasteiger partial charge on any atom is -0.479 e. The third kappa shape index (κ3) is 2.52. The Balaban J connectivity index is 2.13. The van der Waals surface area contributed by atoms with Gasteiger partial charge in [-0.25, -0.2) is 9.59 Å². The lowest BCUT2D eigenvalue weighted by atomic mass is 9.93. The second-order valence-electron chi connectivity index (χ2n) is 5.22. The molecule has 1 aliphatic rings. The molecule has 0 bridgehead atoms. The molecule has 1 fully saturated rings. The van der Waals surface area contributed by atoms with Crippen LogP contribution in [0.4, 0.5) is 4.79 Å². The molecule has 0 radical (unpaired) electrons. The fraction of sp³-hybridized carbons (Fsp3) is 0.571. The molecule has 0 saturated carbocycles. The van der Waals surface area contributed by atoms with Crippen molar-refractivity contribution in [1.82, 2.24) is 9.80 Å². The minimum absolute atomic E-state index is 0.196. The van der Waals surface area contributed by atoms with Gasteiger partial charge in [-0.15, -0.1) is 0 Å². The summed E-state index contributed by atoms with van der Waals surface area (Å²) < 4.78 is 0. The topological polar surface area (TPSA) is 60.9 Å². The van der Waals surface area contributed by atoms with E-state index in [2.05, 4.69) is 0 Å². The highest BCUT2D eigenvalue weighted by Gasteiger charge is 2.49. The van der Waals surface area contributed by atoms with E-state index in [1.54, 1.807) is 23.3 Å². The molecule has 110 valence electrons. The van der Waals surface area contributed by atoms with Crippen LogP contribution in [0.5, 0.6) is 0 Å². The van der Waals surface area contributed by atoms with Crippen molar-refractivity contribution < 1.29 is 14.7 Å². The van der Waals surface area contributed by atoms with Gasteiger partial charge in [0.15, 0.2) is 0 Å². The van der Waals surface area contributed by atoms with Crippen LogP contribution in [0, 0.1) is 0 Å². The summed E-state index contributed by atoms with van der Waals surface area (Å²) in [6.07, 6.45) is 1.73. The number of carbonyl (C=O) groups excluding carboxylic acids is 1. The largest absolute Gasteiger partial charge is 0.479 e. The lowest BCUT2D eigenvalue weighted by Gasteiger charge is -2.36. The zero-order valence-electron chi connectivity index (χ0n) is 11.8. The Morgan fingerprint density at radius 3 is 2.85 bits per heavy atom. The van der Waals surface area contributed by atoms with E-state index in [1.807, 2.05) is 23.8 Å². The standard InChI is InChI=1S/C14H20N2O3S/c1-3-14(12(17)18)6-4-7-16(14)13(19)15(2)9-11-5-8-20-10-11/h5,8,10H,3-4,6-7,9H2,1-2H3,(H,17,18). The smallest absolute Gasteiger partial charge is 0.329 e. The number of carboxylic acids is 1. The molecule has 2 rings (SSSR count). The monoisotopic (exact) mass is 296 g/mol. The number of urea groups is 1. The molecule has 6 heteroatoms. The van der Waals surface area contributed by atoms with Crippen LogP contribution in [-0.2, 0) is 11.3 Å². The summed E-state index contributed by atoms with van der Waals surface area (Å²) in [7, 11) is 1.72. The van der Waals surface area contributed by atoms with E-state index in [-0.39, 0.29) is 6.03 Å². The molecular formula is C14H20N2O3S. The number of hydrogen-bond acceptors (Lipinski definition) is 3. The second-order valence-corrected chi connectivity index (χ2v) is 6.00. The minimum atomic E-state index is -1.03. The molecular weight excluding hydrogens is 276 g/mol. The maximum atomic E-state index is 12.5. The van der Waals surface area contributed by atoms with E-state index in [9.17, 15) is 14.7 Å². The molecule has 1 atom stereocenters. The van der Waals surface area contributed by atoms with Gasteiger partial charge in [0.05, 0.1) is 0 Å². The molecule has 1 aromatic heterocycles. The highest BCUT2D eigenvalue weighted by Crippen LogP contribution is 2.33. The van der Waals surface area contributed by atoms with Crippen LogP contribution >= 0.6 is 11.3 Å². The van der Waals surface area contributed by atoms with E-state index in [4.69, 9.17) is 0 Å². The predicted molar refractivity (Wildman–Crippen MR) is 77.8 cm³/mol. The van der Waals surface area contributed by atoms with E-state index in [1.165, 1.54) is 4.90 Å². The SMILES string of the molecule is CCC1(C(=O)O)CCCN1C(=O)N(C)Cc1ccsc1. The fourth-order valence-corrected chi connectivity index (χ4v) is 3.49. The molecule has 20 heavy (non-hydrogen) atoms. The Morgan fingerprint density at radius 1 is 1.55 bits per heavy atom. The van der Waals surface area contributed by atoms with Gasteiger partial charge in [-0.3, -0.25) is 0 Å². The molecule has 1 unspecified atom stereocenters. The predicted octanol–water partition coefficient (Wildman–Crippen LogP) is 2.63. The number of amides is 2. The average Bonchev–Trinajstić information content (AvgIpc) is 3.06. The zero-order valence-corrected chi connectivity index (χ0v) is 12.7. The Kier molecular flexibility index (Phi) is 4.32. The number of carbonyl (C=O) groups is 2. The summed E-state index contributed by atoms with van der Waals surface area (Å²) in [5.74, 6) is -0.894. The van der Waals surface area contributed by atoms with Crippen LogP contribution < -0.4 is 0 Å². The highest BCUT2D eigenvalue weighted by molar-refractivity contribution is 7.07. The first-order valence-electron chi connectivity index (χ1n) is 6.78. The fourth-order valence-electron chi connectivity index (χ4n) is 2.83. The van der Waals surface area contributed by atoms with Crippen molar-refractivity contribution >= 4 is 23.3 Å². The number of nitrogens with zero attached hydrogens (tertiary/aromatic N) is 2. The Hall–Kier alpha value is -1.56. The summed E-state index contributed by atoms with van der Waals surface area (Å²) >= 11 is 1.59. The van der Waals surface area contributed by atoms with Gasteiger partial charge >= 0.3 is 12.0 Å². The Labute approximate surface area is 122 Å². The van der Waals surface area contributed by atoms with Crippen LogP contribution in [0.1, 0.15) is 31.7 Å². The molecule has 0 aromatic carbocycles. The second kappa shape index (κ2) is 5.83. The van der Waals surface area contributed by atoms with Gasteiger partial charge in [-0.2, -0.15) is 11.3 Å². The van der Waals surface area contributed by atoms with Crippen molar-refractivity contribution in [3.05, 3.63) is 22.4 Å². The summed E-state index contributed by atoms with van der Waals surface area (Å²) in [5.41, 5.74) is 0.0439. The first kappa shape index (κ1) is 14.8. The molecule has 2 amide bonds. The van der Waals surface area contributed by atoms with Crippen LogP contribution in [0.2, 0.25) is 0 Å². The van der Waals surface area contributed by atoms with Gasteiger partial charge in [0.2, 0.25) is 0 Å². The molecule has 1 saturated heterocycles. The molecule has 2 heterocycles. The van der Waals surface area contributed by atoms with Crippen molar-refractivity contribution in [2.45, 2.75) is 38.3 Å². The molecule has 1 aromatic rings. The first-order valence-corrected chi connectivity index (χ1v) is 7.73. The van der Waals surface area contributed by atoms with Crippen LogP contribution in [0.15, 0.2) is 16.8 Å². The van der Waals surface area contributed by atoms with Crippen molar-refractivity contribution in [1.29, 1.82) is 0 Å². The lowest BCUT2D eigenvalue weighted by Crippen LogP contribution is -2.55. The Bertz CT molecular complexity index is 489. The summed E-state index contributed by atoms with van der Waals surface area (Å²) in [5, 5.41) is 13.5. The number of hydrogen-bond donors (Lipinski definition) is 1. The van der Waals surface area contributed by atoms with Crippen molar-refractivity contribution in [2.75, 3.05) is 13.6 Å². The van der Waals surface area contributed by atoms with Crippen LogP contribution in [-0.4, -0.2) is 46.0 Å². The van der Waals surface area contributed by atoms with E-state index < -0.39 is 11.5 Å². The van der Waals surface area contributed by atoms with Crippen molar-refractivity contribution in [3.8, 4) is 0 Å². The molecule has 0 spiro atoms. The highest BCUT2D eigenvalue weighted by atomic mass is 32.1. The van der Waals surface area contributed by atoms with Crippen LogP contribution in [0.3, 0.4) is 0 Å². The Morgan fingerprint density at radius 2 is 2.30 bits per heavy atom. The number of rotatable bonds is 4. The van der Waals surface area contributed by atoms with E-state index in [0.717, 1.165) is 12.0 Å². The third-order valence-electron chi connectivity index (χ3n) is 4.03. The molecule has 0 aliphatic carbocycles. The molecule has 5 nitrogen and oxygen atoms in total. The molecule has 1 N–H and O–H groups in total. The van der Waals surface area contributed by atoms with Crippen molar-refractivity contribution in [3.63, 3.8) is 0 Å². The summed E-state index contributed by atoms with van der Waals surface area (Å²) in [4.78, 5) is 27.3. The number of thiophene rings is 1. The van der Waals surface area contributed by atoms with Gasteiger partial charge in [0.25, 0.3) is 0 Å². The van der Waals surface area contributed by atoms with Crippen molar-refractivity contribution in [2.24, 2.45) is 0 Å². The maximum absolute atomic E-state index is 12.5. The normalized spacial score (nSPS) is 22.0. The van der Waals surface area contributed by atoms with E-state index >= 15 is 0 Å². The zero-order chi connectivity index (χ0) is 14.8. The quantitative estimate of drug-likeness (QED) is 0.929.